The first-order valence-electron chi connectivity index (χ1n) is 11.1. The average Bonchev–Trinajstić information content (AvgIpc) is 2.84. The molecule has 3 aromatic carbocycles. The fourth-order valence-electron chi connectivity index (χ4n) is 3.77. The Morgan fingerprint density at radius 3 is 2.19 bits per heavy atom. The van der Waals surface area contributed by atoms with Gasteiger partial charge in [-0.05, 0) is 70.1 Å². The van der Waals surface area contributed by atoms with Crippen LogP contribution < -0.4 is 9.62 Å². The van der Waals surface area contributed by atoms with Gasteiger partial charge in [0.1, 0.15) is 12.6 Å². The molecule has 0 radical (unpaired) electrons. The van der Waals surface area contributed by atoms with Crippen LogP contribution in [0.25, 0.3) is 0 Å². The van der Waals surface area contributed by atoms with Crippen LogP contribution in [0, 0.1) is 3.57 Å². The summed E-state index contributed by atoms with van der Waals surface area (Å²) in [5.41, 5.74) is 2.07. The number of hydrogen-bond acceptors (Lipinski definition) is 4. The second-order valence-electron chi connectivity index (χ2n) is 8.22. The van der Waals surface area contributed by atoms with E-state index in [-0.39, 0.29) is 18.9 Å². The molecule has 1 N–H and O–H groups in total. The molecule has 0 saturated heterocycles. The van der Waals surface area contributed by atoms with Crippen molar-refractivity contribution in [2.24, 2.45) is 0 Å². The molecule has 1 unspecified atom stereocenters. The number of rotatable bonds is 10. The smallest absolute Gasteiger partial charge is 0.244 e. The molecule has 10 heteroatoms. The maximum Gasteiger partial charge on any atom is 0.244 e. The van der Waals surface area contributed by atoms with E-state index < -0.39 is 28.5 Å². The zero-order valence-electron chi connectivity index (χ0n) is 19.9. The molecule has 0 fully saturated rings. The summed E-state index contributed by atoms with van der Waals surface area (Å²) in [6.45, 7) is -0.302. The minimum atomic E-state index is -3.77. The van der Waals surface area contributed by atoms with Crippen molar-refractivity contribution in [3.63, 3.8) is 0 Å². The number of sulfonamides is 1. The number of carbonyl (C=O) groups excluding carboxylic acids is 2. The lowest BCUT2D eigenvalue weighted by molar-refractivity contribution is -0.139. The Kier molecular flexibility index (Phi) is 9.92. The van der Waals surface area contributed by atoms with Crippen LogP contribution in [0.5, 0.6) is 0 Å². The summed E-state index contributed by atoms with van der Waals surface area (Å²) >= 11 is 5.59. The molecule has 3 rings (SSSR count). The molecule has 0 bridgehead atoms. The molecule has 0 aromatic heterocycles. The summed E-state index contributed by atoms with van der Waals surface area (Å²) < 4.78 is 28.2. The molecule has 3 aromatic rings. The van der Waals surface area contributed by atoms with E-state index in [0.29, 0.717) is 5.69 Å². The molecule has 36 heavy (non-hydrogen) atoms. The lowest BCUT2D eigenvalue weighted by Gasteiger charge is -2.33. The van der Waals surface area contributed by atoms with Crippen molar-refractivity contribution in [2.45, 2.75) is 19.0 Å². The zero-order valence-corrected chi connectivity index (χ0v) is 24.5. The van der Waals surface area contributed by atoms with Crippen molar-refractivity contribution in [1.29, 1.82) is 0 Å². The minimum Gasteiger partial charge on any atom is -0.357 e. The van der Waals surface area contributed by atoms with Gasteiger partial charge in [0.15, 0.2) is 0 Å². The maximum absolute atomic E-state index is 13.8. The highest BCUT2D eigenvalue weighted by Gasteiger charge is 2.32. The normalized spacial score (nSPS) is 12.0. The van der Waals surface area contributed by atoms with E-state index in [9.17, 15) is 18.0 Å². The predicted octanol–water partition coefficient (Wildman–Crippen LogP) is 4.21. The molecule has 7 nitrogen and oxygen atoms in total. The topological polar surface area (TPSA) is 86.8 Å². The highest BCUT2D eigenvalue weighted by molar-refractivity contribution is 14.1. The van der Waals surface area contributed by atoms with Gasteiger partial charge in [-0.3, -0.25) is 13.9 Å². The number of nitrogens with one attached hydrogen (secondary N) is 1. The number of nitrogens with zero attached hydrogens (tertiary/aromatic N) is 2. The number of hydrogen-bond donors (Lipinski definition) is 1. The van der Waals surface area contributed by atoms with Crippen LogP contribution in [0.3, 0.4) is 0 Å². The number of amides is 2. The number of anilines is 1. The molecule has 0 spiro atoms. The van der Waals surface area contributed by atoms with Gasteiger partial charge in [-0.25, -0.2) is 8.42 Å². The van der Waals surface area contributed by atoms with Crippen molar-refractivity contribution < 1.29 is 18.0 Å². The molecular weight excluding hydrogens is 657 g/mol. The van der Waals surface area contributed by atoms with Gasteiger partial charge in [0.25, 0.3) is 0 Å². The van der Waals surface area contributed by atoms with E-state index in [4.69, 9.17) is 0 Å². The molecule has 0 aliphatic rings. The van der Waals surface area contributed by atoms with Gasteiger partial charge in [0.2, 0.25) is 21.8 Å². The zero-order chi connectivity index (χ0) is 26.3. The maximum atomic E-state index is 13.8. The fourth-order valence-corrected chi connectivity index (χ4v) is 5.43. The number of benzene rings is 3. The molecule has 0 heterocycles. The Morgan fingerprint density at radius 1 is 0.972 bits per heavy atom. The molecule has 0 aliphatic carbocycles. The van der Waals surface area contributed by atoms with Crippen molar-refractivity contribution >= 4 is 66.0 Å². The van der Waals surface area contributed by atoms with E-state index >= 15 is 0 Å². The van der Waals surface area contributed by atoms with E-state index in [1.165, 1.54) is 11.9 Å². The van der Waals surface area contributed by atoms with Gasteiger partial charge in [-0.2, -0.15) is 0 Å². The standard InChI is InChI=1S/C26H27BrIN3O4S/c1-29-26(33)24(16-19-7-4-3-5-8-19)30(17-20-9-6-10-21(27)15-20)25(32)18-31(36(2,34)35)23-13-11-22(28)12-14-23/h3-15,24H,16-18H2,1-2H3,(H,29,33). The Labute approximate surface area is 234 Å². The second kappa shape index (κ2) is 12.7. The monoisotopic (exact) mass is 683 g/mol. The van der Waals surface area contributed by atoms with E-state index in [2.05, 4.69) is 43.8 Å². The van der Waals surface area contributed by atoms with E-state index in [1.54, 1.807) is 24.3 Å². The second-order valence-corrected chi connectivity index (χ2v) is 12.3. The average molecular weight is 684 g/mol. The summed E-state index contributed by atoms with van der Waals surface area (Å²) in [6.07, 6.45) is 1.35. The van der Waals surface area contributed by atoms with Gasteiger partial charge >= 0.3 is 0 Å². The van der Waals surface area contributed by atoms with Crippen molar-refractivity contribution in [1.82, 2.24) is 10.2 Å². The van der Waals surface area contributed by atoms with E-state index in [1.807, 2.05) is 54.6 Å². The molecular formula is C26H27BrIN3O4S. The van der Waals surface area contributed by atoms with Crippen molar-refractivity contribution in [2.75, 3.05) is 24.2 Å². The van der Waals surface area contributed by atoms with Crippen LogP contribution in [0.2, 0.25) is 0 Å². The molecule has 0 saturated carbocycles. The van der Waals surface area contributed by atoms with Crippen LogP contribution in [0.4, 0.5) is 5.69 Å². The molecule has 190 valence electrons. The lowest BCUT2D eigenvalue weighted by atomic mass is 10.0. The predicted molar refractivity (Wildman–Crippen MR) is 154 cm³/mol. The van der Waals surface area contributed by atoms with Gasteiger partial charge in [0.05, 0.1) is 11.9 Å². The van der Waals surface area contributed by atoms with Crippen molar-refractivity contribution in [3.8, 4) is 0 Å². The first kappa shape index (κ1) is 28.1. The Hall–Kier alpha value is -2.44. The van der Waals surface area contributed by atoms with Crippen LogP contribution in [-0.4, -0.2) is 51.0 Å². The lowest BCUT2D eigenvalue weighted by Crippen LogP contribution is -2.52. The third-order valence-corrected chi connectivity index (χ3v) is 7.91. The summed E-state index contributed by atoms with van der Waals surface area (Å²) in [6, 6.07) is 22.9. The van der Waals surface area contributed by atoms with Crippen LogP contribution >= 0.6 is 38.5 Å². The summed E-state index contributed by atoms with van der Waals surface area (Å²) in [5, 5.41) is 2.66. The SMILES string of the molecule is CNC(=O)C(Cc1ccccc1)N(Cc1cccc(Br)c1)C(=O)CN(c1ccc(I)cc1)S(C)(=O)=O. The third kappa shape index (κ3) is 7.78. The van der Waals surface area contributed by atoms with Gasteiger partial charge < -0.3 is 10.2 Å². The molecule has 2 amide bonds. The third-order valence-electron chi connectivity index (χ3n) is 5.55. The van der Waals surface area contributed by atoms with Crippen LogP contribution in [-0.2, 0) is 32.6 Å². The summed E-state index contributed by atoms with van der Waals surface area (Å²) in [7, 11) is -2.25. The Morgan fingerprint density at radius 2 is 1.61 bits per heavy atom. The highest BCUT2D eigenvalue weighted by Crippen LogP contribution is 2.22. The summed E-state index contributed by atoms with van der Waals surface area (Å²) in [4.78, 5) is 28.3. The number of likely N-dealkylation sites (N-methyl/N-ethyl adjacent to an activating group) is 1. The van der Waals surface area contributed by atoms with E-state index in [0.717, 1.165) is 29.7 Å². The highest BCUT2D eigenvalue weighted by atomic mass is 127. The minimum absolute atomic E-state index is 0.132. The fraction of sp³-hybridized carbons (Fsp3) is 0.231. The number of carbonyl (C=O) groups is 2. The van der Waals surface area contributed by atoms with Crippen LogP contribution in [0.1, 0.15) is 11.1 Å². The molecule has 1 atom stereocenters. The quantitative estimate of drug-likeness (QED) is 0.325. The van der Waals surface area contributed by atoms with Gasteiger partial charge in [-0.1, -0.05) is 58.4 Å². The Balaban J connectivity index is 2.02. The Bertz CT molecular complexity index is 1300. The van der Waals surface area contributed by atoms with Gasteiger partial charge in [-0.15, -0.1) is 0 Å². The largest absolute Gasteiger partial charge is 0.357 e. The first-order valence-corrected chi connectivity index (χ1v) is 14.8. The van der Waals surface area contributed by atoms with Crippen molar-refractivity contribution in [3.05, 3.63) is 98.0 Å². The summed E-state index contributed by atoms with van der Waals surface area (Å²) in [5.74, 6) is -0.814. The number of halogens is 2. The van der Waals surface area contributed by atoms with Crippen LogP contribution in [0.15, 0.2) is 83.3 Å². The molecule has 0 aliphatic heterocycles. The first-order chi connectivity index (χ1) is 17.1. The van der Waals surface area contributed by atoms with Gasteiger partial charge in [0, 0.05) is 28.1 Å².